The zero-order chi connectivity index (χ0) is 21.1. The van der Waals surface area contributed by atoms with Gasteiger partial charge in [0.1, 0.15) is 0 Å². The molecule has 1 aliphatic heterocycles. The van der Waals surface area contributed by atoms with Gasteiger partial charge in [-0.2, -0.15) is 4.31 Å². The van der Waals surface area contributed by atoms with Gasteiger partial charge in [0.25, 0.3) is 0 Å². The first-order chi connectivity index (χ1) is 14.4. The van der Waals surface area contributed by atoms with E-state index in [1.807, 2.05) is 31.2 Å². The minimum absolute atomic E-state index is 0.00128. The smallest absolute Gasteiger partial charge is 0.322 e. The van der Waals surface area contributed by atoms with Crippen LogP contribution in [0.1, 0.15) is 18.4 Å². The van der Waals surface area contributed by atoms with E-state index >= 15 is 0 Å². The van der Waals surface area contributed by atoms with E-state index in [-0.39, 0.29) is 23.4 Å². The number of hydrogen-bond acceptors (Lipinski definition) is 6. The molecule has 1 unspecified atom stereocenters. The second-order valence-corrected chi connectivity index (χ2v) is 9.22. The molecule has 2 heterocycles. The number of sulfonamides is 1. The predicted molar refractivity (Wildman–Crippen MR) is 111 cm³/mol. The summed E-state index contributed by atoms with van der Waals surface area (Å²) < 4.78 is 32.6. The number of aryl methyl sites for hydroxylation is 1. The molecule has 1 atom stereocenters. The molecule has 8 nitrogen and oxygen atoms in total. The van der Waals surface area contributed by atoms with Gasteiger partial charge >= 0.3 is 6.01 Å². The highest BCUT2D eigenvalue weighted by atomic mass is 32.2. The fourth-order valence-corrected chi connectivity index (χ4v) is 4.96. The molecule has 1 saturated heterocycles. The molecule has 1 amide bonds. The highest BCUT2D eigenvalue weighted by Crippen LogP contribution is 2.25. The van der Waals surface area contributed by atoms with Crippen molar-refractivity contribution in [2.24, 2.45) is 5.92 Å². The van der Waals surface area contributed by atoms with Gasteiger partial charge in [0, 0.05) is 18.7 Å². The number of carbonyl (C=O) groups excluding carboxylic acids is 1. The Kier molecular flexibility index (Phi) is 5.65. The van der Waals surface area contributed by atoms with Gasteiger partial charge in [-0.1, -0.05) is 41.0 Å². The largest absolute Gasteiger partial charge is 0.403 e. The van der Waals surface area contributed by atoms with E-state index in [4.69, 9.17) is 4.42 Å². The standard InChI is InChI=1S/C21H22N4O4S/c1-15-9-11-16(12-10-15)20-23-24-21(29-20)22-19(26)17-6-5-13-25(14-17)30(27,28)18-7-3-2-4-8-18/h2-4,7-12,17H,5-6,13-14H2,1H3,(H,22,24,26). The van der Waals surface area contributed by atoms with Crippen LogP contribution in [-0.4, -0.2) is 41.9 Å². The maximum absolute atomic E-state index is 12.9. The maximum Gasteiger partial charge on any atom is 0.322 e. The Labute approximate surface area is 175 Å². The molecule has 3 aromatic rings. The molecule has 0 bridgehead atoms. The average Bonchev–Trinajstić information content (AvgIpc) is 3.23. The van der Waals surface area contributed by atoms with E-state index in [0.29, 0.717) is 25.3 Å². The lowest BCUT2D eigenvalue weighted by Crippen LogP contribution is -2.43. The number of hydrogen-bond donors (Lipinski definition) is 1. The van der Waals surface area contributed by atoms with Gasteiger partial charge in [-0.3, -0.25) is 10.1 Å². The molecule has 1 aliphatic rings. The molecular weight excluding hydrogens is 404 g/mol. The number of benzene rings is 2. The van der Waals surface area contributed by atoms with Crippen molar-refractivity contribution in [3.05, 3.63) is 60.2 Å². The Morgan fingerprint density at radius 1 is 1.10 bits per heavy atom. The van der Waals surface area contributed by atoms with Crippen LogP contribution in [0.15, 0.2) is 63.9 Å². The summed E-state index contributed by atoms with van der Waals surface area (Å²) in [5.41, 5.74) is 1.87. The summed E-state index contributed by atoms with van der Waals surface area (Å²) in [5.74, 6) is -0.517. The van der Waals surface area contributed by atoms with Gasteiger partial charge in [0.2, 0.25) is 21.8 Å². The molecule has 0 radical (unpaired) electrons. The van der Waals surface area contributed by atoms with Crippen LogP contribution in [0.2, 0.25) is 0 Å². The molecule has 30 heavy (non-hydrogen) atoms. The lowest BCUT2D eigenvalue weighted by atomic mass is 9.99. The number of rotatable bonds is 5. The molecule has 156 valence electrons. The Balaban J connectivity index is 1.43. The fourth-order valence-electron chi connectivity index (χ4n) is 3.41. The van der Waals surface area contributed by atoms with Gasteiger partial charge in [-0.15, -0.1) is 5.10 Å². The fraction of sp³-hybridized carbons (Fsp3) is 0.286. The Bertz CT molecular complexity index is 1130. The zero-order valence-corrected chi connectivity index (χ0v) is 17.3. The number of piperidine rings is 1. The Morgan fingerprint density at radius 3 is 2.57 bits per heavy atom. The van der Waals surface area contributed by atoms with Crippen LogP contribution in [0.3, 0.4) is 0 Å². The van der Waals surface area contributed by atoms with Gasteiger partial charge in [0.05, 0.1) is 10.8 Å². The highest BCUT2D eigenvalue weighted by molar-refractivity contribution is 7.89. The number of nitrogens with one attached hydrogen (secondary N) is 1. The molecule has 0 saturated carbocycles. The van der Waals surface area contributed by atoms with Crippen molar-refractivity contribution in [2.45, 2.75) is 24.7 Å². The van der Waals surface area contributed by atoms with Gasteiger partial charge < -0.3 is 4.42 Å². The molecule has 4 rings (SSSR count). The topological polar surface area (TPSA) is 105 Å². The molecule has 9 heteroatoms. The van der Waals surface area contributed by atoms with E-state index < -0.39 is 15.9 Å². The van der Waals surface area contributed by atoms with Crippen LogP contribution in [-0.2, 0) is 14.8 Å². The maximum atomic E-state index is 12.9. The molecule has 1 N–H and O–H groups in total. The van der Waals surface area contributed by atoms with Gasteiger partial charge in [0.15, 0.2) is 0 Å². The predicted octanol–water partition coefficient (Wildman–Crippen LogP) is 3.08. The van der Waals surface area contributed by atoms with E-state index in [1.54, 1.807) is 30.3 Å². The van der Waals surface area contributed by atoms with E-state index in [2.05, 4.69) is 15.5 Å². The van der Waals surface area contributed by atoms with Crippen molar-refractivity contribution in [1.29, 1.82) is 0 Å². The summed E-state index contributed by atoms with van der Waals surface area (Å²) in [5, 5.41) is 10.5. The normalized spacial score (nSPS) is 17.6. The van der Waals surface area contributed by atoms with Crippen molar-refractivity contribution in [1.82, 2.24) is 14.5 Å². The first-order valence-corrected chi connectivity index (χ1v) is 11.1. The zero-order valence-electron chi connectivity index (χ0n) is 16.5. The Morgan fingerprint density at radius 2 is 1.83 bits per heavy atom. The minimum atomic E-state index is -3.63. The molecule has 1 fully saturated rings. The van der Waals surface area contributed by atoms with Crippen molar-refractivity contribution in [3.63, 3.8) is 0 Å². The molecule has 2 aromatic carbocycles. The third kappa shape index (κ3) is 4.27. The van der Waals surface area contributed by atoms with E-state index in [9.17, 15) is 13.2 Å². The first kappa shape index (κ1) is 20.2. The van der Waals surface area contributed by atoms with Gasteiger partial charge in [-0.05, 0) is 44.0 Å². The second kappa shape index (κ2) is 8.37. The Hall–Kier alpha value is -3.04. The van der Waals surface area contributed by atoms with Crippen molar-refractivity contribution in [2.75, 3.05) is 18.4 Å². The third-order valence-electron chi connectivity index (χ3n) is 5.09. The van der Waals surface area contributed by atoms with E-state index in [1.165, 1.54) is 4.31 Å². The SMILES string of the molecule is Cc1ccc(-c2nnc(NC(=O)C3CCCN(S(=O)(=O)c4ccccc4)C3)o2)cc1. The molecule has 0 spiro atoms. The minimum Gasteiger partial charge on any atom is -0.403 e. The molecular formula is C21H22N4O4S. The summed E-state index contributed by atoms with van der Waals surface area (Å²) in [6.07, 6.45) is 1.19. The lowest BCUT2D eigenvalue weighted by molar-refractivity contribution is -0.121. The van der Waals surface area contributed by atoms with Crippen LogP contribution >= 0.6 is 0 Å². The second-order valence-electron chi connectivity index (χ2n) is 7.28. The number of amides is 1. The monoisotopic (exact) mass is 426 g/mol. The van der Waals surface area contributed by atoms with Crippen LogP contribution in [0.4, 0.5) is 6.01 Å². The average molecular weight is 426 g/mol. The van der Waals surface area contributed by atoms with Crippen LogP contribution in [0, 0.1) is 12.8 Å². The van der Waals surface area contributed by atoms with Crippen LogP contribution in [0.25, 0.3) is 11.5 Å². The summed E-state index contributed by atoms with van der Waals surface area (Å²) in [6.45, 7) is 2.48. The van der Waals surface area contributed by atoms with Crippen LogP contribution in [0.5, 0.6) is 0 Å². The molecule has 1 aromatic heterocycles. The number of aromatic nitrogens is 2. The lowest BCUT2D eigenvalue weighted by Gasteiger charge is -2.30. The van der Waals surface area contributed by atoms with Gasteiger partial charge in [-0.25, -0.2) is 8.42 Å². The number of carbonyl (C=O) groups is 1. The summed E-state index contributed by atoms with van der Waals surface area (Å²) in [7, 11) is -3.63. The summed E-state index contributed by atoms with van der Waals surface area (Å²) in [6, 6.07) is 15.8. The van der Waals surface area contributed by atoms with E-state index in [0.717, 1.165) is 11.1 Å². The first-order valence-electron chi connectivity index (χ1n) is 9.70. The number of anilines is 1. The molecule has 0 aliphatic carbocycles. The highest BCUT2D eigenvalue weighted by Gasteiger charge is 2.33. The van der Waals surface area contributed by atoms with Crippen LogP contribution < -0.4 is 5.32 Å². The summed E-state index contributed by atoms with van der Waals surface area (Å²) >= 11 is 0. The quantitative estimate of drug-likeness (QED) is 0.672. The van der Waals surface area contributed by atoms with Crippen molar-refractivity contribution < 1.29 is 17.6 Å². The third-order valence-corrected chi connectivity index (χ3v) is 6.97. The number of nitrogens with zero attached hydrogens (tertiary/aromatic N) is 3. The van der Waals surface area contributed by atoms with Crippen molar-refractivity contribution >= 4 is 21.9 Å². The van der Waals surface area contributed by atoms with Crippen molar-refractivity contribution in [3.8, 4) is 11.5 Å². The summed E-state index contributed by atoms with van der Waals surface area (Å²) in [4.78, 5) is 12.9.